The Kier molecular flexibility index (Phi) is 6.24. The molecule has 1 fully saturated rings. The molecule has 1 aliphatic rings. The Balaban J connectivity index is 2.54. The first kappa shape index (κ1) is 15.9. The predicted molar refractivity (Wildman–Crippen MR) is 72.5 cm³/mol. The number of aliphatic hydroxyl groups is 1. The summed E-state index contributed by atoms with van der Waals surface area (Å²) in [7, 11) is 0. The van der Waals surface area contributed by atoms with E-state index in [0.717, 1.165) is 13.1 Å². The van der Waals surface area contributed by atoms with Gasteiger partial charge in [-0.3, -0.25) is 14.5 Å². The summed E-state index contributed by atoms with van der Waals surface area (Å²) in [5, 5.41) is 11.6. The molecular formula is C13H25N3O3. The highest BCUT2D eigenvalue weighted by atomic mass is 16.3. The monoisotopic (exact) mass is 271 g/mol. The third kappa shape index (κ3) is 4.80. The van der Waals surface area contributed by atoms with E-state index in [-0.39, 0.29) is 24.3 Å². The molecule has 1 heterocycles. The normalized spacial score (nSPS) is 18.5. The van der Waals surface area contributed by atoms with Crippen LogP contribution in [0, 0.1) is 5.92 Å². The minimum absolute atomic E-state index is 0.00570. The number of amides is 2. The maximum Gasteiger partial charge on any atom is 0.245 e. The molecule has 110 valence electrons. The maximum atomic E-state index is 12.4. The Labute approximate surface area is 114 Å². The van der Waals surface area contributed by atoms with Gasteiger partial charge >= 0.3 is 0 Å². The van der Waals surface area contributed by atoms with E-state index in [0.29, 0.717) is 19.6 Å². The highest BCUT2D eigenvalue weighted by Gasteiger charge is 2.29. The molecule has 19 heavy (non-hydrogen) atoms. The second-order valence-corrected chi connectivity index (χ2v) is 5.31. The van der Waals surface area contributed by atoms with E-state index >= 15 is 0 Å². The van der Waals surface area contributed by atoms with Crippen LogP contribution >= 0.6 is 0 Å². The first-order valence-corrected chi connectivity index (χ1v) is 6.84. The Morgan fingerprint density at radius 3 is 2.21 bits per heavy atom. The largest absolute Gasteiger partial charge is 0.395 e. The summed E-state index contributed by atoms with van der Waals surface area (Å²) >= 11 is 0. The van der Waals surface area contributed by atoms with Gasteiger partial charge < -0.3 is 15.3 Å². The minimum Gasteiger partial charge on any atom is -0.395 e. The van der Waals surface area contributed by atoms with Gasteiger partial charge in [-0.1, -0.05) is 13.8 Å². The van der Waals surface area contributed by atoms with Gasteiger partial charge in [-0.2, -0.15) is 0 Å². The topological polar surface area (TPSA) is 72.9 Å². The lowest BCUT2D eigenvalue weighted by molar-refractivity contribution is -0.138. The number of nitrogens with zero attached hydrogens (tertiary/aromatic N) is 2. The summed E-state index contributed by atoms with van der Waals surface area (Å²) in [6.45, 7) is 8.95. The zero-order chi connectivity index (χ0) is 14.4. The first-order chi connectivity index (χ1) is 8.95. The van der Waals surface area contributed by atoms with Crippen LogP contribution in [0.15, 0.2) is 0 Å². The fourth-order valence-corrected chi connectivity index (χ4v) is 2.26. The number of piperazine rings is 1. The fourth-order valence-electron chi connectivity index (χ4n) is 2.26. The van der Waals surface area contributed by atoms with E-state index < -0.39 is 6.04 Å². The maximum absolute atomic E-state index is 12.4. The Hall–Kier alpha value is -1.14. The smallest absolute Gasteiger partial charge is 0.245 e. The van der Waals surface area contributed by atoms with Crippen molar-refractivity contribution < 1.29 is 14.7 Å². The van der Waals surface area contributed by atoms with Crippen LogP contribution in [0.2, 0.25) is 0 Å². The number of hydrogen-bond donors (Lipinski definition) is 2. The van der Waals surface area contributed by atoms with Gasteiger partial charge in [0.15, 0.2) is 0 Å². The minimum atomic E-state index is -0.443. The molecule has 6 heteroatoms. The van der Waals surface area contributed by atoms with Crippen LogP contribution in [0.3, 0.4) is 0 Å². The molecule has 0 bridgehead atoms. The van der Waals surface area contributed by atoms with Gasteiger partial charge in [0, 0.05) is 39.6 Å². The third-order valence-electron chi connectivity index (χ3n) is 3.39. The molecular weight excluding hydrogens is 246 g/mol. The summed E-state index contributed by atoms with van der Waals surface area (Å²) < 4.78 is 0. The lowest BCUT2D eigenvalue weighted by Gasteiger charge is -2.37. The zero-order valence-corrected chi connectivity index (χ0v) is 12.1. The van der Waals surface area contributed by atoms with Crippen LogP contribution < -0.4 is 5.32 Å². The van der Waals surface area contributed by atoms with E-state index in [1.807, 2.05) is 13.8 Å². The van der Waals surface area contributed by atoms with E-state index in [9.17, 15) is 9.59 Å². The number of rotatable bonds is 5. The molecule has 0 aromatic carbocycles. The highest BCUT2D eigenvalue weighted by molar-refractivity contribution is 5.87. The van der Waals surface area contributed by atoms with Crippen LogP contribution in [0.1, 0.15) is 20.8 Å². The van der Waals surface area contributed by atoms with Gasteiger partial charge in [0.2, 0.25) is 11.8 Å². The Bertz CT molecular complexity index is 312. The van der Waals surface area contributed by atoms with Crippen molar-refractivity contribution in [2.24, 2.45) is 5.92 Å². The Morgan fingerprint density at radius 1 is 1.21 bits per heavy atom. The molecule has 0 spiro atoms. The van der Waals surface area contributed by atoms with Crippen molar-refractivity contribution in [3.63, 3.8) is 0 Å². The molecule has 2 N–H and O–H groups in total. The van der Waals surface area contributed by atoms with Crippen molar-refractivity contribution in [1.29, 1.82) is 0 Å². The highest BCUT2D eigenvalue weighted by Crippen LogP contribution is 2.09. The summed E-state index contributed by atoms with van der Waals surface area (Å²) in [5.74, 6) is -0.105. The zero-order valence-electron chi connectivity index (χ0n) is 12.1. The number of aliphatic hydroxyl groups excluding tert-OH is 1. The molecule has 0 radical (unpaired) electrons. The van der Waals surface area contributed by atoms with Crippen molar-refractivity contribution in [3.8, 4) is 0 Å². The molecule has 1 unspecified atom stereocenters. The number of hydrogen-bond acceptors (Lipinski definition) is 4. The van der Waals surface area contributed by atoms with Crippen LogP contribution in [0.25, 0.3) is 0 Å². The molecule has 0 aromatic heterocycles. The van der Waals surface area contributed by atoms with Gasteiger partial charge in [-0.25, -0.2) is 0 Å². The fraction of sp³-hybridized carbons (Fsp3) is 0.846. The number of carbonyl (C=O) groups excluding carboxylic acids is 2. The summed E-state index contributed by atoms with van der Waals surface area (Å²) in [6, 6.07) is -0.443. The van der Waals surface area contributed by atoms with Crippen molar-refractivity contribution in [2.75, 3.05) is 39.3 Å². The summed E-state index contributed by atoms with van der Waals surface area (Å²) in [5.41, 5.74) is 0. The van der Waals surface area contributed by atoms with Crippen molar-refractivity contribution in [3.05, 3.63) is 0 Å². The summed E-state index contributed by atoms with van der Waals surface area (Å²) in [4.78, 5) is 27.5. The van der Waals surface area contributed by atoms with E-state index in [1.165, 1.54) is 6.92 Å². The quantitative estimate of drug-likeness (QED) is 0.692. The van der Waals surface area contributed by atoms with E-state index in [1.54, 1.807) is 4.90 Å². The SMILES string of the molecule is CC(=O)NC(C(=O)N1CCN(CCO)CC1)C(C)C. The lowest BCUT2D eigenvalue weighted by atomic mass is 10.0. The van der Waals surface area contributed by atoms with Crippen LogP contribution in [0.5, 0.6) is 0 Å². The van der Waals surface area contributed by atoms with Crippen LogP contribution in [0.4, 0.5) is 0 Å². The lowest BCUT2D eigenvalue weighted by Crippen LogP contribution is -2.56. The summed E-state index contributed by atoms with van der Waals surface area (Å²) in [6.07, 6.45) is 0. The molecule has 6 nitrogen and oxygen atoms in total. The molecule has 0 saturated carbocycles. The standard InChI is InChI=1S/C13H25N3O3/c1-10(2)12(14-11(3)18)13(19)16-6-4-15(5-7-16)8-9-17/h10,12,17H,4-9H2,1-3H3,(H,14,18). The molecule has 1 atom stereocenters. The van der Waals surface area contributed by atoms with Crippen molar-refractivity contribution >= 4 is 11.8 Å². The van der Waals surface area contributed by atoms with Gasteiger partial charge in [0.05, 0.1) is 6.61 Å². The number of carbonyl (C=O) groups is 2. The second-order valence-electron chi connectivity index (χ2n) is 5.31. The molecule has 2 amide bonds. The number of β-amino-alcohol motifs (C(OH)–C–C–N with tert-alkyl or cyclic N) is 1. The van der Waals surface area contributed by atoms with E-state index in [2.05, 4.69) is 10.2 Å². The van der Waals surface area contributed by atoms with Gasteiger partial charge in [0.1, 0.15) is 6.04 Å². The number of nitrogens with one attached hydrogen (secondary N) is 1. The molecule has 1 aliphatic heterocycles. The molecule has 1 saturated heterocycles. The van der Waals surface area contributed by atoms with Crippen LogP contribution in [-0.2, 0) is 9.59 Å². The van der Waals surface area contributed by atoms with Crippen LogP contribution in [-0.4, -0.2) is 72.1 Å². The predicted octanol–water partition coefficient (Wildman–Crippen LogP) is -0.716. The average molecular weight is 271 g/mol. The van der Waals surface area contributed by atoms with Gasteiger partial charge in [-0.05, 0) is 5.92 Å². The van der Waals surface area contributed by atoms with Gasteiger partial charge in [0.25, 0.3) is 0 Å². The first-order valence-electron chi connectivity index (χ1n) is 6.84. The third-order valence-corrected chi connectivity index (χ3v) is 3.39. The second kappa shape index (κ2) is 7.45. The molecule has 0 aliphatic carbocycles. The van der Waals surface area contributed by atoms with Crippen molar-refractivity contribution in [2.45, 2.75) is 26.8 Å². The van der Waals surface area contributed by atoms with Crippen molar-refractivity contribution in [1.82, 2.24) is 15.1 Å². The van der Waals surface area contributed by atoms with E-state index in [4.69, 9.17) is 5.11 Å². The average Bonchev–Trinajstić information content (AvgIpc) is 2.36. The van der Waals surface area contributed by atoms with Gasteiger partial charge in [-0.15, -0.1) is 0 Å². The molecule has 0 aromatic rings. The Morgan fingerprint density at radius 2 is 1.79 bits per heavy atom. The molecule has 1 rings (SSSR count).